The number of nitrogens with zero attached hydrogens (tertiary/aromatic N) is 3. The zero-order chi connectivity index (χ0) is 14.8. The van der Waals surface area contributed by atoms with Crippen molar-refractivity contribution in [1.29, 1.82) is 0 Å². The summed E-state index contributed by atoms with van der Waals surface area (Å²) in [6, 6.07) is 7.47. The SMILES string of the molecule is NNc1cc(Oc2cccc([N+](=O)[O-])c2)nc(C2CC2)n1. The Morgan fingerprint density at radius 2 is 2.14 bits per heavy atom. The van der Waals surface area contributed by atoms with Gasteiger partial charge in [-0.05, 0) is 18.9 Å². The van der Waals surface area contributed by atoms with E-state index in [-0.39, 0.29) is 5.69 Å². The standard InChI is InChI=1S/C13H13N5O3/c14-17-11-7-12(16-13(15-11)8-4-5-8)21-10-3-1-2-9(6-10)18(19)20/h1-3,6-8H,4-5,14H2,(H,15,16,17). The molecule has 3 N–H and O–H groups in total. The third-order valence-corrected chi connectivity index (χ3v) is 3.06. The van der Waals surface area contributed by atoms with Gasteiger partial charge in [-0.3, -0.25) is 10.1 Å². The summed E-state index contributed by atoms with van der Waals surface area (Å²) in [7, 11) is 0. The smallest absolute Gasteiger partial charge is 0.273 e. The lowest BCUT2D eigenvalue weighted by atomic mass is 10.3. The van der Waals surface area contributed by atoms with Crippen molar-refractivity contribution in [3.05, 3.63) is 46.3 Å². The van der Waals surface area contributed by atoms with Crippen LogP contribution in [0.2, 0.25) is 0 Å². The van der Waals surface area contributed by atoms with Gasteiger partial charge in [-0.15, -0.1) is 0 Å². The minimum atomic E-state index is -0.477. The molecule has 8 nitrogen and oxygen atoms in total. The van der Waals surface area contributed by atoms with Gasteiger partial charge in [0.15, 0.2) is 0 Å². The molecule has 0 amide bonds. The van der Waals surface area contributed by atoms with Gasteiger partial charge in [0.05, 0.1) is 11.0 Å². The fourth-order valence-electron chi connectivity index (χ4n) is 1.87. The van der Waals surface area contributed by atoms with E-state index in [0.717, 1.165) is 12.8 Å². The molecule has 2 aromatic rings. The number of aromatic nitrogens is 2. The zero-order valence-electron chi connectivity index (χ0n) is 11.0. The normalized spacial score (nSPS) is 13.8. The molecule has 0 saturated heterocycles. The number of hydrogen-bond acceptors (Lipinski definition) is 7. The molecule has 1 aliphatic rings. The quantitative estimate of drug-likeness (QED) is 0.492. The molecule has 0 aliphatic heterocycles. The van der Waals surface area contributed by atoms with Crippen LogP contribution in [-0.2, 0) is 0 Å². The number of nitrogen functional groups attached to an aromatic ring is 1. The van der Waals surface area contributed by atoms with Crippen molar-refractivity contribution in [2.45, 2.75) is 18.8 Å². The Kier molecular flexibility index (Phi) is 3.36. The molecule has 1 aromatic carbocycles. The summed E-state index contributed by atoms with van der Waals surface area (Å²) in [5.41, 5.74) is 2.43. The second-order valence-electron chi connectivity index (χ2n) is 4.72. The topological polar surface area (TPSA) is 116 Å². The second-order valence-corrected chi connectivity index (χ2v) is 4.72. The molecule has 3 rings (SSSR count). The molecule has 0 unspecified atom stereocenters. The van der Waals surface area contributed by atoms with E-state index in [9.17, 15) is 10.1 Å². The van der Waals surface area contributed by atoms with Crippen LogP contribution in [0, 0.1) is 10.1 Å². The number of rotatable bonds is 5. The highest BCUT2D eigenvalue weighted by Gasteiger charge is 2.27. The van der Waals surface area contributed by atoms with Gasteiger partial charge in [-0.2, -0.15) is 4.98 Å². The van der Waals surface area contributed by atoms with Crippen LogP contribution in [0.5, 0.6) is 11.6 Å². The number of ether oxygens (including phenoxy) is 1. The Labute approximate surface area is 120 Å². The zero-order valence-corrected chi connectivity index (χ0v) is 11.0. The number of nitrogens with one attached hydrogen (secondary N) is 1. The molecular weight excluding hydrogens is 274 g/mol. The maximum absolute atomic E-state index is 10.8. The van der Waals surface area contributed by atoms with Gasteiger partial charge in [0.2, 0.25) is 5.88 Å². The van der Waals surface area contributed by atoms with Gasteiger partial charge in [0.25, 0.3) is 5.69 Å². The van der Waals surface area contributed by atoms with Crippen molar-refractivity contribution >= 4 is 11.5 Å². The summed E-state index contributed by atoms with van der Waals surface area (Å²) in [6.45, 7) is 0. The molecule has 0 spiro atoms. The molecule has 1 aromatic heterocycles. The van der Waals surface area contributed by atoms with Crippen LogP contribution in [0.4, 0.5) is 11.5 Å². The van der Waals surface area contributed by atoms with Gasteiger partial charge in [-0.1, -0.05) is 6.07 Å². The highest BCUT2D eigenvalue weighted by molar-refractivity contribution is 5.42. The first-order valence-electron chi connectivity index (χ1n) is 6.43. The van der Waals surface area contributed by atoms with Crippen molar-refractivity contribution in [2.24, 2.45) is 5.84 Å². The van der Waals surface area contributed by atoms with Gasteiger partial charge >= 0.3 is 0 Å². The Balaban J connectivity index is 1.88. The van der Waals surface area contributed by atoms with Crippen LogP contribution >= 0.6 is 0 Å². The average molecular weight is 287 g/mol. The number of hydrazine groups is 1. The Morgan fingerprint density at radius 1 is 1.33 bits per heavy atom. The number of non-ortho nitro benzene ring substituents is 1. The largest absolute Gasteiger partial charge is 0.439 e. The third-order valence-electron chi connectivity index (χ3n) is 3.06. The van der Waals surface area contributed by atoms with Crippen LogP contribution in [0.15, 0.2) is 30.3 Å². The summed E-state index contributed by atoms with van der Waals surface area (Å²) in [4.78, 5) is 18.9. The first-order chi connectivity index (χ1) is 10.2. The van der Waals surface area contributed by atoms with Crippen molar-refractivity contribution in [1.82, 2.24) is 9.97 Å². The summed E-state index contributed by atoms with van der Waals surface area (Å²) in [5.74, 6) is 7.49. The van der Waals surface area contributed by atoms with E-state index >= 15 is 0 Å². The van der Waals surface area contributed by atoms with Crippen LogP contribution in [-0.4, -0.2) is 14.9 Å². The minimum Gasteiger partial charge on any atom is -0.439 e. The lowest BCUT2D eigenvalue weighted by Crippen LogP contribution is -2.10. The Hall–Kier alpha value is -2.74. The summed E-state index contributed by atoms with van der Waals surface area (Å²) >= 11 is 0. The fourth-order valence-corrected chi connectivity index (χ4v) is 1.87. The lowest BCUT2D eigenvalue weighted by molar-refractivity contribution is -0.384. The predicted octanol–water partition coefficient (Wildman–Crippen LogP) is 2.34. The molecule has 8 heteroatoms. The van der Waals surface area contributed by atoms with E-state index in [0.29, 0.717) is 29.2 Å². The fraction of sp³-hybridized carbons (Fsp3) is 0.231. The molecule has 0 atom stereocenters. The van der Waals surface area contributed by atoms with E-state index in [2.05, 4.69) is 15.4 Å². The molecule has 0 radical (unpaired) electrons. The summed E-state index contributed by atoms with van der Waals surface area (Å²) < 4.78 is 5.58. The van der Waals surface area contributed by atoms with Crippen molar-refractivity contribution < 1.29 is 9.66 Å². The highest BCUT2D eigenvalue weighted by Crippen LogP contribution is 2.39. The average Bonchev–Trinajstić information content (AvgIpc) is 3.31. The maximum Gasteiger partial charge on any atom is 0.273 e. The summed E-state index contributed by atoms with van der Waals surface area (Å²) in [5, 5.41) is 10.8. The molecule has 1 fully saturated rings. The molecule has 108 valence electrons. The molecule has 1 aliphatic carbocycles. The van der Waals surface area contributed by atoms with Crippen molar-refractivity contribution in [2.75, 3.05) is 5.43 Å². The Morgan fingerprint density at radius 3 is 2.81 bits per heavy atom. The first-order valence-corrected chi connectivity index (χ1v) is 6.43. The van der Waals surface area contributed by atoms with Crippen LogP contribution in [0.1, 0.15) is 24.6 Å². The van der Waals surface area contributed by atoms with Crippen LogP contribution in [0.25, 0.3) is 0 Å². The van der Waals surface area contributed by atoms with Gasteiger partial charge in [0.1, 0.15) is 17.4 Å². The van der Waals surface area contributed by atoms with Crippen molar-refractivity contribution in [3.63, 3.8) is 0 Å². The maximum atomic E-state index is 10.8. The van der Waals surface area contributed by atoms with Gasteiger partial charge < -0.3 is 10.2 Å². The molecule has 0 bridgehead atoms. The predicted molar refractivity (Wildman–Crippen MR) is 75.0 cm³/mol. The monoisotopic (exact) mass is 287 g/mol. The van der Waals surface area contributed by atoms with E-state index in [1.807, 2.05) is 0 Å². The van der Waals surface area contributed by atoms with Crippen LogP contribution < -0.4 is 16.0 Å². The lowest BCUT2D eigenvalue weighted by Gasteiger charge is -2.08. The Bertz CT molecular complexity index is 687. The third kappa shape index (κ3) is 3.06. The molecule has 21 heavy (non-hydrogen) atoms. The highest BCUT2D eigenvalue weighted by atomic mass is 16.6. The number of hydrogen-bond donors (Lipinski definition) is 2. The van der Waals surface area contributed by atoms with E-state index in [1.165, 1.54) is 12.1 Å². The first kappa shape index (κ1) is 13.3. The molecule has 1 saturated carbocycles. The molecule has 1 heterocycles. The van der Waals surface area contributed by atoms with E-state index in [1.54, 1.807) is 18.2 Å². The molecular formula is C13H13N5O3. The second kappa shape index (κ2) is 5.33. The minimum absolute atomic E-state index is 0.0406. The van der Waals surface area contributed by atoms with E-state index in [4.69, 9.17) is 10.6 Å². The summed E-state index contributed by atoms with van der Waals surface area (Å²) in [6.07, 6.45) is 2.09. The number of anilines is 1. The number of nitro groups is 1. The van der Waals surface area contributed by atoms with E-state index < -0.39 is 4.92 Å². The van der Waals surface area contributed by atoms with Crippen LogP contribution in [0.3, 0.4) is 0 Å². The number of nitrogens with two attached hydrogens (primary N) is 1. The van der Waals surface area contributed by atoms with Crippen molar-refractivity contribution in [3.8, 4) is 11.6 Å². The van der Waals surface area contributed by atoms with Gasteiger partial charge in [-0.25, -0.2) is 10.8 Å². The van der Waals surface area contributed by atoms with Gasteiger partial charge in [0, 0.05) is 18.1 Å². The number of nitro benzene ring substituents is 1. The number of benzene rings is 1.